The van der Waals surface area contributed by atoms with Gasteiger partial charge >= 0.3 is 7.12 Å². The Morgan fingerprint density at radius 2 is 1.86 bits per heavy atom. The molecule has 2 bridgehead atoms. The highest BCUT2D eigenvalue weighted by Crippen LogP contribution is 2.65. The standard InChI is InChI=1S/C26H38BN3O5.ClH/c1-25(2)18-14-20(25)26(3)21(15-18)34-27(35-26)22(13-17-7-5-4-6-8-17)29-24(32)19(28)16-23(31)30-9-11-33-12-10-30;/h4-8,18-22H,9-16,28H2,1-3H3,(H,29,32);1H/t18-,19?,20-,21+,22-,26-;/m0./s1. The molecule has 3 saturated carbocycles. The highest BCUT2D eigenvalue weighted by molar-refractivity contribution is 6.48. The summed E-state index contributed by atoms with van der Waals surface area (Å²) in [6, 6.07) is 9.06. The monoisotopic (exact) mass is 519 g/mol. The van der Waals surface area contributed by atoms with Crippen LogP contribution in [0.5, 0.6) is 0 Å². The van der Waals surface area contributed by atoms with Gasteiger partial charge in [-0.25, -0.2) is 0 Å². The fourth-order valence-corrected chi connectivity index (χ4v) is 6.67. The quantitative estimate of drug-likeness (QED) is 0.534. The van der Waals surface area contributed by atoms with Gasteiger partial charge in [0, 0.05) is 13.1 Å². The maximum absolute atomic E-state index is 13.1. The van der Waals surface area contributed by atoms with Gasteiger partial charge in [0.2, 0.25) is 11.8 Å². The molecule has 1 aromatic rings. The third-order valence-corrected chi connectivity index (χ3v) is 9.02. The Bertz CT molecular complexity index is 947. The molecule has 6 atom stereocenters. The number of nitrogens with two attached hydrogens (primary N) is 1. The van der Waals surface area contributed by atoms with E-state index in [4.69, 9.17) is 19.8 Å². The maximum atomic E-state index is 13.1. The third kappa shape index (κ3) is 5.05. The minimum absolute atomic E-state index is 0. The molecule has 36 heavy (non-hydrogen) atoms. The summed E-state index contributed by atoms with van der Waals surface area (Å²) in [7, 11) is -0.563. The number of benzene rings is 1. The van der Waals surface area contributed by atoms with Crippen LogP contribution in [0.1, 0.15) is 45.6 Å². The highest BCUT2D eigenvalue weighted by atomic mass is 35.5. The van der Waals surface area contributed by atoms with Crippen molar-refractivity contribution in [3.8, 4) is 0 Å². The number of rotatable bonds is 7. The highest BCUT2D eigenvalue weighted by Gasteiger charge is 2.68. The molecule has 2 amide bonds. The number of carbonyl (C=O) groups is 2. The predicted octanol–water partition coefficient (Wildman–Crippen LogP) is 1.98. The Morgan fingerprint density at radius 3 is 2.53 bits per heavy atom. The number of halogens is 1. The molecule has 0 radical (unpaired) electrons. The van der Waals surface area contributed by atoms with Crippen LogP contribution in [0, 0.1) is 17.3 Å². The van der Waals surface area contributed by atoms with Gasteiger partial charge in [0.05, 0.1) is 43.3 Å². The molecule has 1 unspecified atom stereocenters. The summed E-state index contributed by atoms with van der Waals surface area (Å²) < 4.78 is 18.5. The van der Waals surface area contributed by atoms with E-state index in [1.165, 1.54) is 6.42 Å². The van der Waals surface area contributed by atoms with Gasteiger partial charge in [-0.15, -0.1) is 12.4 Å². The first-order valence-corrected chi connectivity index (χ1v) is 13.0. The fourth-order valence-electron chi connectivity index (χ4n) is 6.67. The van der Waals surface area contributed by atoms with E-state index in [-0.39, 0.29) is 47.8 Å². The summed E-state index contributed by atoms with van der Waals surface area (Å²) in [4.78, 5) is 27.5. The Hall–Kier alpha value is -1.65. The molecule has 5 aliphatic rings. The smallest absolute Gasteiger partial charge is 0.404 e. The third-order valence-electron chi connectivity index (χ3n) is 9.02. The van der Waals surface area contributed by atoms with Crippen LogP contribution in [0.25, 0.3) is 0 Å². The van der Waals surface area contributed by atoms with E-state index >= 15 is 0 Å². The van der Waals surface area contributed by atoms with Crippen LogP contribution >= 0.6 is 12.4 Å². The summed E-state index contributed by atoms with van der Waals surface area (Å²) >= 11 is 0. The zero-order chi connectivity index (χ0) is 24.8. The Balaban J connectivity index is 0.00000304. The number of ether oxygens (including phenoxy) is 1. The van der Waals surface area contributed by atoms with Gasteiger partial charge in [0.1, 0.15) is 0 Å². The molecule has 0 aromatic heterocycles. The van der Waals surface area contributed by atoms with Crippen molar-refractivity contribution < 1.29 is 23.6 Å². The van der Waals surface area contributed by atoms with Crippen molar-refractivity contribution in [2.75, 3.05) is 26.3 Å². The van der Waals surface area contributed by atoms with E-state index in [2.05, 4.69) is 26.1 Å². The fraction of sp³-hybridized carbons (Fsp3) is 0.692. The summed E-state index contributed by atoms with van der Waals surface area (Å²) in [6.07, 6.45) is 2.70. The van der Waals surface area contributed by atoms with Crippen molar-refractivity contribution in [3.63, 3.8) is 0 Å². The molecule has 2 saturated heterocycles. The molecule has 10 heteroatoms. The second-order valence-corrected chi connectivity index (χ2v) is 11.4. The van der Waals surface area contributed by atoms with E-state index in [0.717, 1.165) is 12.0 Å². The molecular weight excluding hydrogens is 481 g/mol. The van der Waals surface area contributed by atoms with Crippen molar-refractivity contribution in [2.45, 2.75) is 70.1 Å². The number of hydrogen-bond acceptors (Lipinski definition) is 6. The van der Waals surface area contributed by atoms with Gasteiger partial charge in [-0.3, -0.25) is 9.59 Å². The lowest BCUT2D eigenvalue weighted by atomic mass is 9.43. The Morgan fingerprint density at radius 1 is 1.17 bits per heavy atom. The molecule has 5 fully saturated rings. The number of amides is 2. The largest absolute Gasteiger partial charge is 0.482 e. The van der Waals surface area contributed by atoms with Crippen molar-refractivity contribution in [1.82, 2.24) is 10.2 Å². The first-order chi connectivity index (χ1) is 16.7. The van der Waals surface area contributed by atoms with Crippen LogP contribution < -0.4 is 11.1 Å². The summed E-state index contributed by atoms with van der Waals surface area (Å²) in [5.74, 6) is 0.200. The first-order valence-electron chi connectivity index (χ1n) is 13.0. The van der Waals surface area contributed by atoms with Gasteiger partial charge < -0.3 is 30.0 Å². The average Bonchev–Trinajstić information content (AvgIpc) is 3.21. The second kappa shape index (κ2) is 10.6. The molecular formula is C26H39BClN3O5. The van der Waals surface area contributed by atoms with Crippen LogP contribution in [0.15, 0.2) is 30.3 Å². The first kappa shape index (κ1) is 27.4. The lowest BCUT2D eigenvalue weighted by Gasteiger charge is -2.64. The zero-order valence-electron chi connectivity index (χ0n) is 21.5. The molecule has 2 heterocycles. The lowest BCUT2D eigenvalue weighted by Crippen LogP contribution is -2.65. The second-order valence-electron chi connectivity index (χ2n) is 11.4. The summed E-state index contributed by atoms with van der Waals surface area (Å²) in [6.45, 7) is 8.93. The molecule has 1 aromatic carbocycles. The van der Waals surface area contributed by atoms with E-state index in [1.807, 2.05) is 30.3 Å². The van der Waals surface area contributed by atoms with Gasteiger partial charge in [0.15, 0.2) is 0 Å². The van der Waals surface area contributed by atoms with Crippen molar-refractivity contribution in [1.29, 1.82) is 0 Å². The SMILES string of the molecule is CC1(C)[C@@H]2C[C@H]3OB([C@H](Cc4ccccc4)NC(=O)C(N)CC(=O)N4CCOCC4)O[C@@]3(C)[C@H]1C2.Cl. The topological polar surface area (TPSA) is 103 Å². The molecule has 0 spiro atoms. The van der Waals surface area contributed by atoms with Crippen LogP contribution in [-0.2, 0) is 30.1 Å². The van der Waals surface area contributed by atoms with Gasteiger partial charge in [-0.1, -0.05) is 44.2 Å². The molecule has 3 N–H and O–H groups in total. The number of morpholine rings is 1. The molecule has 6 rings (SSSR count). The number of hydrogen-bond donors (Lipinski definition) is 2. The molecule has 3 aliphatic carbocycles. The van der Waals surface area contributed by atoms with Crippen LogP contribution in [0.2, 0.25) is 0 Å². The summed E-state index contributed by atoms with van der Waals surface area (Å²) in [5, 5.41) is 3.08. The zero-order valence-corrected chi connectivity index (χ0v) is 22.3. The number of nitrogens with one attached hydrogen (secondary N) is 1. The van der Waals surface area contributed by atoms with Gasteiger partial charge in [0.25, 0.3) is 0 Å². The van der Waals surface area contributed by atoms with Crippen LogP contribution in [0.3, 0.4) is 0 Å². The minimum Gasteiger partial charge on any atom is -0.404 e. The van der Waals surface area contributed by atoms with Gasteiger partial charge in [-0.05, 0) is 49.0 Å². The molecule has 8 nitrogen and oxygen atoms in total. The molecule has 198 valence electrons. The van der Waals surface area contributed by atoms with Crippen LogP contribution in [-0.4, -0.2) is 73.8 Å². The van der Waals surface area contributed by atoms with E-state index in [1.54, 1.807) is 4.90 Å². The van der Waals surface area contributed by atoms with E-state index in [0.29, 0.717) is 44.6 Å². The number of carbonyl (C=O) groups excluding carboxylic acids is 2. The molecule has 2 aliphatic heterocycles. The van der Waals surface area contributed by atoms with Crippen molar-refractivity contribution in [2.24, 2.45) is 23.0 Å². The maximum Gasteiger partial charge on any atom is 0.482 e. The Kier molecular flexibility index (Phi) is 8.08. The predicted molar refractivity (Wildman–Crippen MR) is 139 cm³/mol. The van der Waals surface area contributed by atoms with Crippen molar-refractivity contribution >= 4 is 31.3 Å². The van der Waals surface area contributed by atoms with Gasteiger partial charge in [-0.2, -0.15) is 0 Å². The number of nitrogens with zero attached hydrogens (tertiary/aromatic N) is 1. The minimum atomic E-state index is -0.936. The Labute approximate surface area is 220 Å². The normalized spacial score (nSPS) is 31.9. The lowest BCUT2D eigenvalue weighted by molar-refractivity contribution is -0.199. The van der Waals surface area contributed by atoms with E-state index < -0.39 is 19.1 Å². The van der Waals surface area contributed by atoms with Crippen LogP contribution in [0.4, 0.5) is 0 Å². The summed E-state index contributed by atoms with van der Waals surface area (Å²) in [5.41, 5.74) is 7.15. The van der Waals surface area contributed by atoms with Crippen molar-refractivity contribution in [3.05, 3.63) is 35.9 Å². The van der Waals surface area contributed by atoms with E-state index in [9.17, 15) is 9.59 Å². The average molecular weight is 520 g/mol.